The van der Waals surface area contributed by atoms with Crippen LogP contribution in [0.5, 0.6) is 0 Å². The molecule has 1 fully saturated rings. The number of nitrogens with zero attached hydrogens (tertiary/aromatic N) is 2. The van der Waals surface area contributed by atoms with Crippen molar-refractivity contribution in [2.45, 2.75) is 38.7 Å². The fourth-order valence-corrected chi connectivity index (χ4v) is 3.05. The van der Waals surface area contributed by atoms with Crippen LogP contribution < -0.4 is 5.32 Å². The highest BCUT2D eigenvalue weighted by Gasteiger charge is 2.28. The Morgan fingerprint density at radius 2 is 2.08 bits per heavy atom. The zero-order valence-corrected chi connectivity index (χ0v) is 14.8. The van der Waals surface area contributed by atoms with Gasteiger partial charge in [-0.2, -0.15) is 0 Å². The molecule has 0 bridgehead atoms. The zero-order valence-electron chi connectivity index (χ0n) is 14.8. The summed E-state index contributed by atoms with van der Waals surface area (Å²) in [7, 11) is 0. The Hall–Kier alpha value is -2.34. The average Bonchev–Trinajstić information content (AvgIpc) is 3.08. The first-order chi connectivity index (χ1) is 12.0. The van der Waals surface area contributed by atoms with Crippen LogP contribution in [-0.4, -0.2) is 40.5 Å². The van der Waals surface area contributed by atoms with Crippen LogP contribution in [0.1, 0.15) is 48.1 Å². The van der Waals surface area contributed by atoms with Crippen molar-refractivity contribution in [3.05, 3.63) is 47.5 Å². The standard InChI is InChI=1S/C19H25N3O3/c1-14-8-9-16(25-14)19(2,24)13-21-17-15(7-6-10-20-17)18(23)22-11-4-3-5-12-22/h6-10,24H,3-5,11-13H2,1-2H3,(H,20,21). The highest BCUT2D eigenvalue weighted by atomic mass is 16.4. The van der Waals surface area contributed by atoms with Crippen LogP contribution in [0.3, 0.4) is 0 Å². The van der Waals surface area contributed by atoms with E-state index in [0.29, 0.717) is 17.1 Å². The monoisotopic (exact) mass is 343 g/mol. The molecular weight excluding hydrogens is 318 g/mol. The van der Waals surface area contributed by atoms with Gasteiger partial charge in [-0.25, -0.2) is 4.98 Å². The lowest BCUT2D eigenvalue weighted by molar-refractivity contribution is 0.0466. The van der Waals surface area contributed by atoms with Crippen LogP contribution in [0, 0.1) is 6.92 Å². The van der Waals surface area contributed by atoms with Gasteiger partial charge >= 0.3 is 0 Å². The minimum absolute atomic E-state index is 0.0104. The third-order valence-electron chi connectivity index (χ3n) is 4.55. The Kier molecular flexibility index (Phi) is 5.08. The summed E-state index contributed by atoms with van der Waals surface area (Å²) in [5.74, 6) is 1.71. The number of hydrogen-bond donors (Lipinski definition) is 2. The second-order valence-corrected chi connectivity index (χ2v) is 6.79. The summed E-state index contributed by atoms with van der Waals surface area (Å²) in [4.78, 5) is 19.0. The molecule has 0 aromatic carbocycles. The van der Waals surface area contributed by atoms with Crippen LogP contribution in [0.2, 0.25) is 0 Å². The first kappa shape index (κ1) is 17.5. The number of likely N-dealkylation sites (tertiary alicyclic amines) is 1. The molecule has 2 N–H and O–H groups in total. The molecule has 1 amide bonds. The maximum absolute atomic E-state index is 12.8. The molecule has 0 spiro atoms. The number of anilines is 1. The normalized spacial score (nSPS) is 17.2. The Labute approximate surface area is 147 Å². The molecule has 2 aromatic rings. The number of aryl methyl sites for hydroxylation is 1. The summed E-state index contributed by atoms with van der Waals surface area (Å²) < 4.78 is 5.52. The average molecular weight is 343 g/mol. The van der Waals surface area contributed by atoms with Gasteiger partial charge in [0.1, 0.15) is 22.9 Å². The van der Waals surface area contributed by atoms with Gasteiger partial charge in [-0.3, -0.25) is 4.79 Å². The minimum Gasteiger partial charge on any atom is -0.463 e. The third kappa shape index (κ3) is 4.02. The van der Waals surface area contributed by atoms with Gasteiger partial charge in [-0.05, 0) is 57.4 Å². The third-order valence-corrected chi connectivity index (χ3v) is 4.55. The molecular formula is C19H25N3O3. The molecule has 25 heavy (non-hydrogen) atoms. The van der Waals surface area contributed by atoms with E-state index in [1.54, 1.807) is 31.3 Å². The van der Waals surface area contributed by atoms with Gasteiger partial charge in [0, 0.05) is 19.3 Å². The number of pyridine rings is 1. The van der Waals surface area contributed by atoms with Crippen molar-refractivity contribution in [2.75, 3.05) is 25.0 Å². The highest BCUT2D eigenvalue weighted by Crippen LogP contribution is 2.24. The van der Waals surface area contributed by atoms with Crippen molar-refractivity contribution >= 4 is 11.7 Å². The second kappa shape index (κ2) is 7.27. The van der Waals surface area contributed by atoms with Crippen molar-refractivity contribution in [1.29, 1.82) is 0 Å². The molecule has 6 nitrogen and oxygen atoms in total. The Morgan fingerprint density at radius 1 is 1.32 bits per heavy atom. The van der Waals surface area contributed by atoms with E-state index in [1.807, 2.05) is 17.9 Å². The molecule has 1 saturated heterocycles. The molecule has 1 atom stereocenters. The molecule has 1 aliphatic heterocycles. The van der Waals surface area contributed by atoms with E-state index in [4.69, 9.17) is 4.42 Å². The highest BCUT2D eigenvalue weighted by molar-refractivity contribution is 5.98. The SMILES string of the molecule is Cc1ccc(C(C)(O)CNc2ncccc2C(=O)N2CCCCC2)o1. The van der Waals surface area contributed by atoms with Crippen molar-refractivity contribution in [3.8, 4) is 0 Å². The van der Waals surface area contributed by atoms with Gasteiger partial charge in [-0.15, -0.1) is 0 Å². The molecule has 0 aliphatic carbocycles. The summed E-state index contributed by atoms with van der Waals surface area (Å²) in [6, 6.07) is 7.11. The van der Waals surface area contributed by atoms with E-state index in [2.05, 4.69) is 10.3 Å². The van der Waals surface area contributed by atoms with Gasteiger partial charge in [-0.1, -0.05) is 0 Å². The summed E-state index contributed by atoms with van der Waals surface area (Å²) in [5.41, 5.74) is -0.659. The quantitative estimate of drug-likeness (QED) is 0.873. The maximum atomic E-state index is 12.8. The van der Waals surface area contributed by atoms with Crippen molar-refractivity contribution in [1.82, 2.24) is 9.88 Å². The van der Waals surface area contributed by atoms with E-state index in [1.165, 1.54) is 6.42 Å². The van der Waals surface area contributed by atoms with E-state index >= 15 is 0 Å². The van der Waals surface area contributed by atoms with E-state index in [9.17, 15) is 9.90 Å². The molecule has 6 heteroatoms. The van der Waals surface area contributed by atoms with Crippen LogP contribution in [0.15, 0.2) is 34.9 Å². The summed E-state index contributed by atoms with van der Waals surface area (Å²) in [6.45, 7) is 5.28. The van der Waals surface area contributed by atoms with Gasteiger partial charge in [0.15, 0.2) is 0 Å². The first-order valence-corrected chi connectivity index (χ1v) is 8.75. The van der Waals surface area contributed by atoms with Crippen molar-refractivity contribution in [3.63, 3.8) is 0 Å². The lowest BCUT2D eigenvalue weighted by Gasteiger charge is -2.28. The molecule has 3 heterocycles. The van der Waals surface area contributed by atoms with Crippen LogP contribution >= 0.6 is 0 Å². The van der Waals surface area contributed by atoms with E-state index in [-0.39, 0.29) is 12.5 Å². The van der Waals surface area contributed by atoms with Gasteiger partial charge in [0.25, 0.3) is 5.91 Å². The number of rotatable bonds is 5. The number of aliphatic hydroxyl groups is 1. The van der Waals surface area contributed by atoms with Gasteiger partial charge in [0.05, 0.1) is 12.1 Å². The molecule has 0 saturated carbocycles. The molecule has 0 radical (unpaired) electrons. The van der Waals surface area contributed by atoms with Gasteiger partial charge in [0.2, 0.25) is 0 Å². The van der Waals surface area contributed by atoms with Crippen LogP contribution in [-0.2, 0) is 5.60 Å². The number of hydrogen-bond acceptors (Lipinski definition) is 5. The van der Waals surface area contributed by atoms with Crippen molar-refractivity contribution < 1.29 is 14.3 Å². The lowest BCUT2D eigenvalue weighted by atomic mass is 10.0. The van der Waals surface area contributed by atoms with Crippen LogP contribution in [0.4, 0.5) is 5.82 Å². The largest absolute Gasteiger partial charge is 0.463 e. The van der Waals surface area contributed by atoms with E-state index in [0.717, 1.165) is 31.7 Å². The number of amides is 1. The topological polar surface area (TPSA) is 78.6 Å². The molecule has 2 aromatic heterocycles. The predicted octanol–water partition coefficient (Wildman–Crippen LogP) is 2.93. The fraction of sp³-hybridized carbons (Fsp3) is 0.474. The first-order valence-electron chi connectivity index (χ1n) is 8.75. The molecule has 1 unspecified atom stereocenters. The molecule has 3 rings (SSSR count). The lowest BCUT2D eigenvalue weighted by Crippen LogP contribution is -2.36. The minimum atomic E-state index is -1.20. The number of carbonyl (C=O) groups is 1. The number of aromatic nitrogens is 1. The maximum Gasteiger partial charge on any atom is 0.257 e. The number of piperidine rings is 1. The Balaban J connectivity index is 1.73. The summed E-state index contributed by atoms with van der Waals surface area (Å²) in [5, 5.41) is 13.8. The predicted molar refractivity (Wildman–Crippen MR) is 95.5 cm³/mol. The zero-order chi connectivity index (χ0) is 17.9. The molecule has 1 aliphatic rings. The number of furan rings is 1. The van der Waals surface area contributed by atoms with Crippen molar-refractivity contribution in [2.24, 2.45) is 0 Å². The second-order valence-electron chi connectivity index (χ2n) is 6.79. The Bertz CT molecular complexity index is 733. The van der Waals surface area contributed by atoms with E-state index < -0.39 is 5.60 Å². The summed E-state index contributed by atoms with van der Waals surface area (Å²) in [6.07, 6.45) is 4.90. The number of carbonyl (C=O) groups excluding carboxylic acids is 1. The molecule has 134 valence electrons. The Morgan fingerprint density at radius 3 is 2.76 bits per heavy atom. The number of nitrogens with one attached hydrogen (secondary N) is 1. The summed E-state index contributed by atoms with van der Waals surface area (Å²) >= 11 is 0. The van der Waals surface area contributed by atoms with Gasteiger partial charge < -0.3 is 19.7 Å². The van der Waals surface area contributed by atoms with Crippen LogP contribution in [0.25, 0.3) is 0 Å². The smallest absolute Gasteiger partial charge is 0.257 e. The fourth-order valence-electron chi connectivity index (χ4n) is 3.05.